The Morgan fingerprint density at radius 3 is 2.82 bits per heavy atom. The number of hydrogen-bond acceptors (Lipinski definition) is 1. The van der Waals surface area contributed by atoms with Gasteiger partial charge in [-0.05, 0) is 43.9 Å². The maximum Gasteiger partial charge on any atom is 0.0438 e. The smallest absolute Gasteiger partial charge is 0.0438 e. The molecule has 17 heavy (non-hydrogen) atoms. The average molecular weight is 252 g/mol. The lowest BCUT2D eigenvalue weighted by Crippen LogP contribution is -2.31. The molecule has 0 aliphatic heterocycles. The van der Waals surface area contributed by atoms with E-state index in [2.05, 4.69) is 24.9 Å². The highest BCUT2D eigenvalue weighted by atomic mass is 35.5. The van der Waals surface area contributed by atoms with E-state index >= 15 is 0 Å². The Morgan fingerprint density at radius 1 is 1.41 bits per heavy atom. The van der Waals surface area contributed by atoms with Crippen molar-refractivity contribution in [1.82, 2.24) is 5.32 Å². The van der Waals surface area contributed by atoms with Crippen LogP contribution in [0.25, 0.3) is 0 Å². The van der Waals surface area contributed by atoms with Gasteiger partial charge in [0.1, 0.15) is 0 Å². The monoisotopic (exact) mass is 251 g/mol. The van der Waals surface area contributed by atoms with Gasteiger partial charge in [-0.2, -0.15) is 0 Å². The predicted molar refractivity (Wildman–Crippen MR) is 76.7 cm³/mol. The second-order valence-corrected chi connectivity index (χ2v) is 4.72. The molecule has 1 unspecified atom stereocenters. The van der Waals surface area contributed by atoms with Gasteiger partial charge in [0.25, 0.3) is 0 Å². The van der Waals surface area contributed by atoms with Gasteiger partial charge in [0, 0.05) is 11.1 Å². The van der Waals surface area contributed by atoms with Crippen LogP contribution in [0.4, 0.5) is 0 Å². The van der Waals surface area contributed by atoms with Crippen LogP contribution in [0.1, 0.15) is 31.7 Å². The van der Waals surface area contributed by atoms with E-state index in [1.165, 1.54) is 5.56 Å². The second kappa shape index (κ2) is 8.32. The largest absolute Gasteiger partial charge is 0.314 e. The SMILES string of the molecule is C=CCCC(Cc1ccccc1Cl)NCCC. The highest BCUT2D eigenvalue weighted by molar-refractivity contribution is 6.31. The van der Waals surface area contributed by atoms with Crippen LogP contribution in [0, 0.1) is 0 Å². The number of hydrogen-bond donors (Lipinski definition) is 1. The molecule has 1 atom stereocenters. The molecule has 0 fully saturated rings. The van der Waals surface area contributed by atoms with Gasteiger partial charge >= 0.3 is 0 Å². The standard InChI is InChI=1S/C15H22ClN/c1-3-5-9-14(17-11-4-2)12-13-8-6-7-10-15(13)16/h3,6-8,10,14,17H,1,4-5,9,11-12H2,2H3. The molecule has 0 amide bonds. The molecule has 0 radical (unpaired) electrons. The number of benzene rings is 1. The minimum absolute atomic E-state index is 0.493. The van der Waals surface area contributed by atoms with Crippen molar-refractivity contribution < 1.29 is 0 Å². The molecule has 0 aliphatic carbocycles. The van der Waals surface area contributed by atoms with E-state index in [1.807, 2.05) is 24.3 Å². The quantitative estimate of drug-likeness (QED) is 0.683. The van der Waals surface area contributed by atoms with Crippen LogP contribution < -0.4 is 5.32 Å². The van der Waals surface area contributed by atoms with Crippen LogP contribution in [0.15, 0.2) is 36.9 Å². The summed E-state index contributed by atoms with van der Waals surface area (Å²) >= 11 is 6.19. The summed E-state index contributed by atoms with van der Waals surface area (Å²) in [5, 5.41) is 4.44. The Bertz CT molecular complexity index is 335. The van der Waals surface area contributed by atoms with Gasteiger partial charge in [-0.15, -0.1) is 6.58 Å². The van der Waals surface area contributed by atoms with Crippen LogP contribution in [0.2, 0.25) is 5.02 Å². The molecule has 0 aromatic heterocycles. The summed E-state index contributed by atoms with van der Waals surface area (Å²) < 4.78 is 0. The van der Waals surface area contributed by atoms with Crippen LogP contribution >= 0.6 is 11.6 Å². The maximum absolute atomic E-state index is 6.19. The molecule has 2 heteroatoms. The number of rotatable bonds is 8. The van der Waals surface area contributed by atoms with E-state index < -0.39 is 0 Å². The fraction of sp³-hybridized carbons (Fsp3) is 0.467. The second-order valence-electron chi connectivity index (χ2n) is 4.31. The van der Waals surface area contributed by atoms with Gasteiger partial charge in [0.05, 0.1) is 0 Å². The van der Waals surface area contributed by atoms with E-state index in [0.29, 0.717) is 6.04 Å². The lowest BCUT2D eigenvalue weighted by molar-refractivity contribution is 0.481. The first-order valence-corrected chi connectivity index (χ1v) is 6.73. The van der Waals surface area contributed by atoms with Crippen molar-refractivity contribution in [2.75, 3.05) is 6.54 Å². The molecule has 0 spiro atoms. The van der Waals surface area contributed by atoms with Crippen molar-refractivity contribution in [3.63, 3.8) is 0 Å². The number of halogens is 1. The molecule has 1 aromatic carbocycles. The van der Waals surface area contributed by atoms with Crippen LogP contribution in [0.5, 0.6) is 0 Å². The van der Waals surface area contributed by atoms with E-state index in [-0.39, 0.29) is 0 Å². The third kappa shape index (κ3) is 5.38. The summed E-state index contributed by atoms with van der Waals surface area (Å²) in [6.45, 7) is 7.03. The fourth-order valence-electron chi connectivity index (χ4n) is 1.87. The molecule has 0 aliphatic rings. The normalized spacial score (nSPS) is 12.4. The molecule has 0 saturated heterocycles. The predicted octanol–water partition coefficient (Wildman–Crippen LogP) is 4.22. The lowest BCUT2D eigenvalue weighted by atomic mass is 10.0. The van der Waals surface area contributed by atoms with Crippen LogP contribution in [-0.2, 0) is 6.42 Å². The Kier molecular flexibility index (Phi) is 6.99. The Hall–Kier alpha value is -0.790. The van der Waals surface area contributed by atoms with Crippen molar-refractivity contribution in [2.45, 2.75) is 38.6 Å². The van der Waals surface area contributed by atoms with Gasteiger partial charge in [-0.25, -0.2) is 0 Å². The highest BCUT2D eigenvalue weighted by Crippen LogP contribution is 2.18. The van der Waals surface area contributed by atoms with Crippen molar-refractivity contribution in [3.8, 4) is 0 Å². The number of nitrogens with one attached hydrogen (secondary N) is 1. The van der Waals surface area contributed by atoms with Crippen molar-refractivity contribution in [2.24, 2.45) is 0 Å². The molecule has 94 valence electrons. The molecule has 1 N–H and O–H groups in total. The first-order chi connectivity index (χ1) is 8.27. The Morgan fingerprint density at radius 2 is 2.18 bits per heavy atom. The third-order valence-corrected chi connectivity index (χ3v) is 3.20. The van der Waals surface area contributed by atoms with E-state index in [9.17, 15) is 0 Å². The van der Waals surface area contributed by atoms with E-state index in [4.69, 9.17) is 11.6 Å². The first-order valence-electron chi connectivity index (χ1n) is 6.35. The van der Waals surface area contributed by atoms with Crippen molar-refractivity contribution in [1.29, 1.82) is 0 Å². The summed E-state index contributed by atoms with van der Waals surface area (Å²) in [7, 11) is 0. The van der Waals surface area contributed by atoms with E-state index in [0.717, 1.165) is 37.3 Å². The number of allylic oxidation sites excluding steroid dienone is 1. The summed E-state index contributed by atoms with van der Waals surface area (Å²) in [5.74, 6) is 0. The van der Waals surface area contributed by atoms with Crippen molar-refractivity contribution in [3.05, 3.63) is 47.5 Å². The zero-order valence-electron chi connectivity index (χ0n) is 10.6. The van der Waals surface area contributed by atoms with E-state index in [1.54, 1.807) is 0 Å². The van der Waals surface area contributed by atoms with Crippen LogP contribution in [0.3, 0.4) is 0 Å². The molecule has 1 rings (SSSR count). The lowest BCUT2D eigenvalue weighted by Gasteiger charge is -2.18. The zero-order chi connectivity index (χ0) is 12.5. The molecule has 0 bridgehead atoms. The van der Waals surface area contributed by atoms with Gasteiger partial charge in [0.2, 0.25) is 0 Å². The molecule has 0 saturated carbocycles. The minimum Gasteiger partial charge on any atom is -0.314 e. The van der Waals surface area contributed by atoms with Gasteiger partial charge in [-0.1, -0.05) is 42.8 Å². The molecule has 0 heterocycles. The highest BCUT2D eigenvalue weighted by Gasteiger charge is 2.09. The summed E-state index contributed by atoms with van der Waals surface area (Å²) in [5.41, 5.74) is 1.23. The maximum atomic E-state index is 6.19. The molecular weight excluding hydrogens is 230 g/mol. The molecule has 1 nitrogen and oxygen atoms in total. The average Bonchev–Trinajstić information content (AvgIpc) is 2.35. The van der Waals surface area contributed by atoms with Crippen LogP contribution in [-0.4, -0.2) is 12.6 Å². The topological polar surface area (TPSA) is 12.0 Å². The molecular formula is C15H22ClN. The van der Waals surface area contributed by atoms with Gasteiger partial charge in [0.15, 0.2) is 0 Å². The zero-order valence-corrected chi connectivity index (χ0v) is 11.3. The summed E-state index contributed by atoms with van der Waals surface area (Å²) in [6, 6.07) is 8.58. The first kappa shape index (κ1) is 14.3. The van der Waals surface area contributed by atoms with Crippen molar-refractivity contribution >= 4 is 11.6 Å². The van der Waals surface area contributed by atoms with Gasteiger partial charge < -0.3 is 5.32 Å². The third-order valence-electron chi connectivity index (χ3n) is 2.83. The summed E-state index contributed by atoms with van der Waals surface area (Å²) in [6.07, 6.45) is 6.30. The fourth-order valence-corrected chi connectivity index (χ4v) is 2.09. The Balaban J connectivity index is 2.57. The summed E-state index contributed by atoms with van der Waals surface area (Å²) in [4.78, 5) is 0. The molecule has 1 aromatic rings. The van der Waals surface area contributed by atoms with Gasteiger partial charge in [-0.3, -0.25) is 0 Å². The minimum atomic E-state index is 0.493. The Labute approximate surface area is 110 Å².